The standard InChI is InChI=1S/C19H17BrClNO4/c20-15-6-7-17(26-12-14-3-1-2-4-16(14)21)13(11-15)5-8-18(23)22-10-9-19(24)25/h1-8,11H,9-10,12H2,(H,22,23)(H,24,25)/b8-5+. The van der Waals surface area contributed by atoms with E-state index in [9.17, 15) is 9.59 Å². The van der Waals surface area contributed by atoms with Crippen molar-refractivity contribution in [3.8, 4) is 5.75 Å². The van der Waals surface area contributed by atoms with Gasteiger partial charge in [-0.3, -0.25) is 9.59 Å². The molecule has 0 radical (unpaired) electrons. The highest BCUT2D eigenvalue weighted by Gasteiger charge is 2.06. The highest BCUT2D eigenvalue weighted by Crippen LogP contribution is 2.26. The molecule has 26 heavy (non-hydrogen) atoms. The molecule has 0 unspecified atom stereocenters. The maximum atomic E-state index is 11.8. The third kappa shape index (κ3) is 6.54. The number of benzene rings is 2. The molecule has 136 valence electrons. The first-order valence-electron chi connectivity index (χ1n) is 7.79. The summed E-state index contributed by atoms with van der Waals surface area (Å²) in [6.45, 7) is 0.375. The van der Waals surface area contributed by atoms with Gasteiger partial charge in [-0.05, 0) is 30.3 Å². The van der Waals surface area contributed by atoms with Crippen molar-refractivity contribution in [2.45, 2.75) is 13.0 Å². The Balaban J connectivity index is 2.04. The van der Waals surface area contributed by atoms with Gasteiger partial charge in [0.2, 0.25) is 5.91 Å². The summed E-state index contributed by atoms with van der Waals surface area (Å²) in [7, 11) is 0. The number of carbonyl (C=O) groups is 2. The van der Waals surface area contributed by atoms with E-state index in [1.165, 1.54) is 6.08 Å². The van der Waals surface area contributed by atoms with E-state index in [1.54, 1.807) is 18.2 Å². The molecule has 1 amide bonds. The highest BCUT2D eigenvalue weighted by molar-refractivity contribution is 9.10. The molecule has 0 bridgehead atoms. The third-order valence-electron chi connectivity index (χ3n) is 3.37. The van der Waals surface area contributed by atoms with Crippen LogP contribution >= 0.6 is 27.5 Å². The topological polar surface area (TPSA) is 75.6 Å². The van der Waals surface area contributed by atoms with Gasteiger partial charge in [0.15, 0.2) is 0 Å². The van der Waals surface area contributed by atoms with Gasteiger partial charge >= 0.3 is 5.97 Å². The molecule has 0 aliphatic heterocycles. The van der Waals surface area contributed by atoms with Gasteiger partial charge in [0.25, 0.3) is 0 Å². The Morgan fingerprint density at radius 2 is 2.00 bits per heavy atom. The largest absolute Gasteiger partial charge is 0.488 e. The number of hydrogen-bond donors (Lipinski definition) is 2. The molecule has 7 heteroatoms. The molecule has 2 N–H and O–H groups in total. The lowest BCUT2D eigenvalue weighted by molar-refractivity contribution is -0.136. The fraction of sp³-hybridized carbons (Fsp3) is 0.158. The van der Waals surface area contributed by atoms with Crippen LogP contribution in [0.15, 0.2) is 53.0 Å². The summed E-state index contributed by atoms with van der Waals surface area (Å²) >= 11 is 9.53. The van der Waals surface area contributed by atoms with Crippen LogP contribution in [0.2, 0.25) is 5.02 Å². The molecule has 0 aliphatic rings. The number of carbonyl (C=O) groups excluding carboxylic acids is 1. The van der Waals surface area contributed by atoms with Crippen molar-refractivity contribution in [3.63, 3.8) is 0 Å². The Labute approximate surface area is 164 Å². The summed E-state index contributed by atoms with van der Waals surface area (Å²) in [5.41, 5.74) is 1.57. The van der Waals surface area contributed by atoms with Crippen LogP contribution < -0.4 is 10.1 Å². The lowest BCUT2D eigenvalue weighted by Crippen LogP contribution is -2.23. The van der Waals surface area contributed by atoms with E-state index in [0.29, 0.717) is 22.9 Å². The first-order valence-corrected chi connectivity index (χ1v) is 8.96. The van der Waals surface area contributed by atoms with E-state index in [1.807, 2.05) is 30.3 Å². The van der Waals surface area contributed by atoms with E-state index in [0.717, 1.165) is 10.0 Å². The van der Waals surface area contributed by atoms with Crippen LogP contribution in [0.5, 0.6) is 5.75 Å². The van der Waals surface area contributed by atoms with Crippen molar-refractivity contribution < 1.29 is 19.4 Å². The quantitative estimate of drug-likeness (QED) is 0.603. The first kappa shape index (κ1) is 20.0. The maximum absolute atomic E-state index is 11.8. The van der Waals surface area contributed by atoms with Crippen LogP contribution in [-0.4, -0.2) is 23.5 Å². The Morgan fingerprint density at radius 3 is 2.73 bits per heavy atom. The third-order valence-corrected chi connectivity index (χ3v) is 4.23. The van der Waals surface area contributed by atoms with Crippen molar-refractivity contribution in [1.82, 2.24) is 5.32 Å². The second-order valence-corrected chi connectivity index (χ2v) is 6.65. The number of carboxylic acid groups (broad SMARTS) is 1. The minimum atomic E-state index is -0.962. The number of carboxylic acids is 1. The predicted molar refractivity (Wildman–Crippen MR) is 104 cm³/mol. The number of ether oxygens (including phenoxy) is 1. The summed E-state index contributed by atoms with van der Waals surface area (Å²) < 4.78 is 6.68. The average Bonchev–Trinajstić information content (AvgIpc) is 2.60. The molecule has 0 aliphatic carbocycles. The number of rotatable bonds is 8. The number of halogens is 2. The van der Waals surface area contributed by atoms with Crippen LogP contribution in [0.1, 0.15) is 17.5 Å². The molecule has 0 heterocycles. The summed E-state index contributed by atoms with van der Waals surface area (Å²) in [6.07, 6.45) is 2.83. The second kappa shape index (κ2) is 9.99. The van der Waals surface area contributed by atoms with Gasteiger partial charge in [0, 0.05) is 33.2 Å². The minimum Gasteiger partial charge on any atom is -0.488 e. The van der Waals surface area contributed by atoms with Gasteiger partial charge in [-0.15, -0.1) is 0 Å². The molecular formula is C19H17BrClNO4. The lowest BCUT2D eigenvalue weighted by atomic mass is 10.2. The maximum Gasteiger partial charge on any atom is 0.305 e. The van der Waals surface area contributed by atoms with E-state index >= 15 is 0 Å². The van der Waals surface area contributed by atoms with Crippen molar-refractivity contribution in [1.29, 1.82) is 0 Å². The monoisotopic (exact) mass is 437 g/mol. The summed E-state index contributed by atoms with van der Waals surface area (Å²) in [5.74, 6) is -0.734. The van der Waals surface area contributed by atoms with Gasteiger partial charge in [0.1, 0.15) is 12.4 Å². The zero-order valence-electron chi connectivity index (χ0n) is 13.7. The van der Waals surface area contributed by atoms with Crippen molar-refractivity contribution in [2.75, 3.05) is 6.54 Å². The molecule has 0 saturated heterocycles. The van der Waals surface area contributed by atoms with Crippen LogP contribution in [0.25, 0.3) is 6.08 Å². The number of nitrogens with one attached hydrogen (secondary N) is 1. The Kier molecular flexibility index (Phi) is 7.69. The van der Waals surface area contributed by atoms with E-state index < -0.39 is 5.97 Å². The van der Waals surface area contributed by atoms with Crippen LogP contribution in [0, 0.1) is 0 Å². The molecule has 0 atom stereocenters. The molecular weight excluding hydrogens is 422 g/mol. The van der Waals surface area contributed by atoms with Gasteiger partial charge in [-0.2, -0.15) is 0 Å². The highest BCUT2D eigenvalue weighted by atomic mass is 79.9. The van der Waals surface area contributed by atoms with E-state index in [4.69, 9.17) is 21.4 Å². The van der Waals surface area contributed by atoms with Crippen LogP contribution in [0.4, 0.5) is 0 Å². The number of hydrogen-bond acceptors (Lipinski definition) is 3. The molecule has 2 rings (SSSR count). The van der Waals surface area contributed by atoms with Crippen molar-refractivity contribution in [2.24, 2.45) is 0 Å². The van der Waals surface area contributed by atoms with Gasteiger partial charge in [0.05, 0.1) is 6.42 Å². The summed E-state index contributed by atoms with van der Waals surface area (Å²) in [4.78, 5) is 22.2. The van der Waals surface area contributed by atoms with Crippen molar-refractivity contribution >= 4 is 45.5 Å². The first-order chi connectivity index (χ1) is 12.5. The molecule has 0 spiro atoms. The zero-order chi connectivity index (χ0) is 18.9. The van der Waals surface area contributed by atoms with Crippen LogP contribution in [-0.2, 0) is 16.2 Å². The predicted octanol–water partition coefficient (Wildman–Crippen LogP) is 4.29. The molecule has 2 aromatic carbocycles. The molecule has 0 aromatic heterocycles. The van der Waals surface area contributed by atoms with E-state index in [-0.39, 0.29) is 18.9 Å². The molecule has 0 fully saturated rings. The molecule has 5 nitrogen and oxygen atoms in total. The Hall–Kier alpha value is -2.31. The van der Waals surface area contributed by atoms with Gasteiger partial charge < -0.3 is 15.2 Å². The number of amides is 1. The fourth-order valence-electron chi connectivity index (χ4n) is 2.07. The Bertz CT molecular complexity index is 823. The summed E-state index contributed by atoms with van der Waals surface area (Å²) in [6, 6.07) is 12.9. The van der Waals surface area contributed by atoms with Crippen LogP contribution in [0.3, 0.4) is 0 Å². The summed E-state index contributed by atoms with van der Waals surface area (Å²) in [5, 5.41) is 11.7. The van der Waals surface area contributed by atoms with Crippen molar-refractivity contribution in [3.05, 3.63) is 69.2 Å². The van der Waals surface area contributed by atoms with Gasteiger partial charge in [-0.25, -0.2) is 0 Å². The molecule has 2 aromatic rings. The minimum absolute atomic E-state index is 0.0762. The average molecular weight is 439 g/mol. The smallest absolute Gasteiger partial charge is 0.305 e. The SMILES string of the molecule is O=C(O)CCNC(=O)/C=C/c1cc(Br)ccc1OCc1ccccc1Cl. The fourth-order valence-corrected chi connectivity index (χ4v) is 2.64. The number of aliphatic carboxylic acids is 1. The van der Waals surface area contributed by atoms with E-state index in [2.05, 4.69) is 21.2 Å². The zero-order valence-corrected chi connectivity index (χ0v) is 16.1. The lowest BCUT2D eigenvalue weighted by Gasteiger charge is -2.11. The molecule has 0 saturated carbocycles. The second-order valence-electron chi connectivity index (χ2n) is 5.33. The Morgan fingerprint density at radius 1 is 1.23 bits per heavy atom. The normalized spacial score (nSPS) is 10.7. The van der Waals surface area contributed by atoms with Gasteiger partial charge in [-0.1, -0.05) is 45.7 Å².